The molecule has 3 nitrogen and oxygen atoms in total. The number of carboxylic acid groups (broad SMARTS) is 1. The van der Waals surface area contributed by atoms with Crippen molar-refractivity contribution in [2.45, 2.75) is 51.6 Å². The molecule has 2 aliphatic heterocycles. The lowest BCUT2D eigenvalue weighted by Gasteiger charge is -2.38. The van der Waals surface area contributed by atoms with Gasteiger partial charge in [0.15, 0.2) is 0 Å². The number of aliphatic carboxylic acids is 1. The van der Waals surface area contributed by atoms with E-state index in [1.807, 2.05) is 0 Å². The summed E-state index contributed by atoms with van der Waals surface area (Å²) in [6, 6.07) is 1.10. The molecule has 0 aromatic carbocycles. The summed E-state index contributed by atoms with van der Waals surface area (Å²) >= 11 is 0. The van der Waals surface area contributed by atoms with Crippen LogP contribution in [0.4, 0.5) is 0 Å². The van der Waals surface area contributed by atoms with Gasteiger partial charge in [-0.25, -0.2) is 0 Å². The average Bonchev–Trinajstić information content (AvgIpc) is 2.40. The van der Waals surface area contributed by atoms with Gasteiger partial charge < -0.3 is 5.11 Å². The van der Waals surface area contributed by atoms with E-state index >= 15 is 0 Å². The Bertz CT molecular complexity index is 238. The third-order valence-corrected chi connectivity index (χ3v) is 3.81. The molecule has 0 spiro atoms. The smallest absolute Gasteiger partial charge is 0.306 e. The van der Waals surface area contributed by atoms with Crippen LogP contribution in [0.3, 0.4) is 0 Å². The van der Waals surface area contributed by atoms with E-state index in [9.17, 15) is 4.79 Å². The van der Waals surface area contributed by atoms with Crippen LogP contribution in [0, 0.1) is 11.8 Å². The Labute approximate surface area is 91.5 Å². The van der Waals surface area contributed by atoms with Gasteiger partial charge in [0.05, 0.1) is 5.92 Å². The summed E-state index contributed by atoms with van der Waals surface area (Å²) in [5.41, 5.74) is 0. The van der Waals surface area contributed by atoms with E-state index < -0.39 is 5.97 Å². The summed E-state index contributed by atoms with van der Waals surface area (Å²) in [5, 5.41) is 9.05. The maximum atomic E-state index is 11.0. The van der Waals surface area contributed by atoms with E-state index in [1.165, 1.54) is 12.8 Å². The predicted molar refractivity (Wildman–Crippen MR) is 58.7 cm³/mol. The van der Waals surface area contributed by atoms with E-state index in [4.69, 9.17) is 5.11 Å². The molecule has 2 bridgehead atoms. The number of hydrogen-bond donors (Lipinski definition) is 1. The lowest BCUT2D eigenvalue weighted by molar-refractivity contribution is -0.144. The van der Waals surface area contributed by atoms with Crippen LogP contribution in [0.25, 0.3) is 0 Å². The number of piperidine rings is 1. The Morgan fingerprint density at radius 2 is 1.87 bits per heavy atom. The van der Waals surface area contributed by atoms with Crippen LogP contribution in [0.15, 0.2) is 0 Å². The van der Waals surface area contributed by atoms with Crippen LogP contribution in [-0.2, 0) is 4.79 Å². The molecule has 2 fully saturated rings. The lowest BCUT2D eigenvalue weighted by atomic mass is 9.90. The molecule has 2 aliphatic rings. The molecule has 2 rings (SSSR count). The van der Waals surface area contributed by atoms with Gasteiger partial charge in [0.2, 0.25) is 0 Å². The molecule has 0 aromatic rings. The highest BCUT2D eigenvalue weighted by Crippen LogP contribution is 2.38. The van der Waals surface area contributed by atoms with Crippen LogP contribution in [0.2, 0.25) is 0 Å². The van der Waals surface area contributed by atoms with Crippen molar-refractivity contribution in [3.8, 4) is 0 Å². The number of nitrogens with zero attached hydrogens (tertiary/aromatic N) is 1. The molecule has 0 aromatic heterocycles. The fraction of sp³-hybridized carbons (Fsp3) is 0.917. The number of rotatable bonds is 3. The van der Waals surface area contributed by atoms with E-state index in [0.717, 1.165) is 19.4 Å². The highest BCUT2D eigenvalue weighted by atomic mass is 16.4. The summed E-state index contributed by atoms with van der Waals surface area (Å²) in [5.74, 6) is 0.0245. The molecule has 0 radical (unpaired) electrons. The number of carbonyl (C=O) groups is 1. The molecule has 0 saturated carbocycles. The number of fused-ring (bicyclic) bond motifs is 2. The largest absolute Gasteiger partial charge is 0.481 e. The maximum Gasteiger partial charge on any atom is 0.306 e. The van der Waals surface area contributed by atoms with Crippen molar-refractivity contribution in [3.05, 3.63) is 0 Å². The van der Waals surface area contributed by atoms with Crippen molar-refractivity contribution in [2.75, 3.05) is 6.54 Å². The molecule has 0 aliphatic carbocycles. The monoisotopic (exact) mass is 211 g/mol. The molecule has 2 unspecified atom stereocenters. The third kappa shape index (κ3) is 2.17. The standard InChI is InChI=1S/C12H21NO2/c1-8(2)7-13-10-3-4-11(13)6-9(5-10)12(14)15/h8-11H,3-7H2,1-2H3,(H,14,15). The lowest BCUT2D eigenvalue weighted by Crippen LogP contribution is -2.46. The summed E-state index contributed by atoms with van der Waals surface area (Å²) in [7, 11) is 0. The zero-order valence-electron chi connectivity index (χ0n) is 9.65. The summed E-state index contributed by atoms with van der Waals surface area (Å²) in [6.07, 6.45) is 4.17. The molecular weight excluding hydrogens is 190 g/mol. The first-order chi connectivity index (χ1) is 7.08. The van der Waals surface area contributed by atoms with Gasteiger partial charge in [0.25, 0.3) is 0 Å². The van der Waals surface area contributed by atoms with Crippen molar-refractivity contribution in [1.82, 2.24) is 4.90 Å². The van der Waals surface area contributed by atoms with E-state index in [2.05, 4.69) is 18.7 Å². The molecule has 0 amide bonds. The van der Waals surface area contributed by atoms with Gasteiger partial charge >= 0.3 is 5.97 Å². The van der Waals surface area contributed by atoms with Gasteiger partial charge in [-0.15, -0.1) is 0 Å². The minimum Gasteiger partial charge on any atom is -0.481 e. The predicted octanol–water partition coefficient (Wildman–Crippen LogP) is 1.97. The second kappa shape index (κ2) is 4.12. The van der Waals surface area contributed by atoms with Crippen molar-refractivity contribution in [3.63, 3.8) is 0 Å². The topological polar surface area (TPSA) is 40.5 Å². The van der Waals surface area contributed by atoms with Crippen molar-refractivity contribution in [1.29, 1.82) is 0 Å². The molecule has 2 atom stereocenters. The Morgan fingerprint density at radius 3 is 2.27 bits per heavy atom. The van der Waals surface area contributed by atoms with E-state index in [1.54, 1.807) is 0 Å². The quantitative estimate of drug-likeness (QED) is 0.776. The van der Waals surface area contributed by atoms with Crippen LogP contribution in [0.5, 0.6) is 0 Å². The van der Waals surface area contributed by atoms with Gasteiger partial charge in [0.1, 0.15) is 0 Å². The Morgan fingerprint density at radius 1 is 1.33 bits per heavy atom. The second-order valence-corrected chi connectivity index (χ2v) is 5.48. The molecule has 2 heterocycles. The Balaban J connectivity index is 2.00. The van der Waals surface area contributed by atoms with Crippen molar-refractivity contribution in [2.24, 2.45) is 11.8 Å². The van der Waals surface area contributed by atoms with Crippen LogP contribution >= 0.6 is 0 Å². The minimum atomic E-state index is -0.587. The van der Waals surface area contributed by atoms with Gasteiger partial charge in [0, 0.05) is 18.6 Å². The van der Waals surface area contributed by atoms with E-state index in [0.29, 0.717) is 18.0 Å². The van der Waals surface area contributed by atoms with Gasteiger partial charge in [-0.3, -0.25) is 9.69 Å². The first-order valence-corrected chi connectivity index (χ1v) is 6.06. The summed E-state index contributed by atoms with van der Waals surface area (Å²) in [4.78, 5) is 13.5. The average molecular weight is 211 g/mol. The fourth-order valence-electron chi connectivity index (χ4n) is 3.20. The highest BCUT2D eigenvalue weighted by molar-refractivity contribution is 5.70. The normalized spacial score (nSPS) is 36.1. The van der Waals surface area contributed by atoms with Gasteiger partial charge in [-0.05, 0) is 31.6 Å². The SMILES string of the molecule is CC(C)CN1C2CCC1CC(C(=O)O)C2. The Kier molecular flexibility index (Phi) is 3.01. The second-order valence-electron chi connectivity index (χ2n) is 5.48. The zero-order valence-corrected chi connectivity index (χ0v) is 9.65. The van der Waals surface area contributed by atoms with Crippen LogP contribution < -0.4 is 0 Å². The third-order valence-electron chi connectivity index (χ3n) is 3.81. The van der Waals surface area contributed by atoms with Crippen molar-refractivity contribution < 1.29 is 9.90 Å². The Hall–Kier alpha value is -0.570. The summed E-state index contributed by atoms with van der Waals surface area (Å²) < 4.78 is 0. The van der Waals surface area contributed by atoms with Gasteiger partial charge in [-0.2, -0.15) is 0 Å². The molecule has 2 saturated heterocycles. The number of carboxylic acids is 1. The minimum absolute atomic E-state index is 0.0779. The summed E-state index contributed by atoms with van der Waals surface area (Å²) in [6.45, 7) is 5.62. The molecular formula is C12H21NO2. The zero-order chi connectivity index (χ0) is 11.0. The number of hydrogen-bond acceptors (Lipinski definition) is 2. The first kappa shape index (κ1) is 10.9. The van der Waals surface area contributed by atoms with Crippen molar-refractivity contribution >= 4 is 5.97 Å². The molecule has 86 valence electrons. The van der Waals surface area contributed by atoms with E-state index in [-0.39, 0.29) is 5.92 Å². The van der Waals surface area contributed by atoms with Crippen LogP contribution in [-0.4, -0.2) is 34.6 Å². The van der Waals surface area contributed by atoms with Crippen LogP contribution in [0.1, 0.15) is 39.5 Å². The molecule has 15 heavy (non-hydrogen) atoms. The maximum absolute atomic E-state index is 11.0. The molecule has 1 N–H and O–H groups in total. The molecule has 3 heteroatoms. The fourth-order valence-corrected chi connectivity index (χ4v) is 3.20. The highest BCUT2D eigenvalue weighted by Gasteiger charge is 2.42. The first-order valence-electron chi connectivity index (χ1n) is 6.06. The van der Waals surface area contributed by atoms with Gasteiger partial charge in [-0.1, -0.05) is 13.8 Å².